The van der Waals surface area contributed by atoms with Crippen LogP contribution in [0.2, 0.25) is 0 Å². The first-order valence-electron chi connectivity index (χ1n) is 10.1. The minimum absolute atomic E-state index is 0.195. The second-order valence-corrected chi connectivity index (χ2v) is 8.90. The molecule has 2 aromatic carbocycles. The molecule has 5 rings (SSSR count). The Hall–Kier alpha value is -3.03. The van der Waals surface area contributed by atoms with E-state index >= 15 is 0 Å². The van der Waals surface area contributed by atoms with Crippen LogP contribution in [0.1, 0.15) is 29.1 Å². The monoisotopic (exact) mass is 507 g/mol. The summed E-state index contributed by atoms with van der Waals surface area (Å²) in [6.07, 6.45) is 1.77. The van der Waals surface area contributed by atoms with Crippen LogP contribution in [0, 0.1) is 12.7 Å². The fraction of sp³-hybridized carbons (Fsp3) is 0.120. The molecule has 0 spiro atoms. The van der Waals surface area contributed by atoms with Gasteiger partial charge in [0.1, 0.15) is 23.4 Å². The van der Waals surface area contributed by atoms with E-state index in [0.717, 1.165) is 28.3 Å². The first-order chi connectivity index (χ1) is 15.5. The number of nitrogens with one attached hydrogen (secondary N) is 1. The fourth-order valence-electron chi connectivity index (χ4n) is 4.05. The molecule has 160 valence electrons. The maximum atomic E-state index is 13.6. The van der Waals surface area contributed by atoms with Crippen LogP contribution in [0.25, 0.3) is 11.3 Å². The van der Waals surface area contributed by atoms with E-state index in [4.69, 9.17) is 16.6 Å². The van der Waals surface area contributed by atoms with Crippen molar-refractivity contribution in [3.05, 3.63) is 106 Å². The van der Waals surface area contributed by atoms with Crippen LogP contribution in [0.3, 0.4) is 0 Å². The number of hydrogen-bond donors (Lipinski definition) is 1. The van der Waals surface area contributed by atoms with Gasteiger partial charge in [0.05, 0.1) is 11.7 Å². The van der Waals surface area contributed by atoms with Crippen LogP contribution in [-0.4, -0.2) is 10.1 Å². The molecular formula is C25H19BrFN3OS. The van der Waals surface area contributed by atoms with E-state index in [1.165, 1.54) is 12.1 Å². The van der Waals surface area contributed by atoms with Gasteiger partial charge in [0.15, 0.2) is 5.11 Å². The van der Waals surface area contributed by atoms with E-state index in [9.17, 15) is 4.39 Å². The molecule has 2 aromatic heterocycles. The third-order valence-electron chi connectivity index (χ3n) is 5.49. The van der Waals surface area contributed by atoms with Crippen LogP contribution in [0.5, 0.6) is 0 Å². The van der Waals surface area contributed by atoms with Gasteiger partial charge in [0.25, 0.3) is 0 Å². The van der Waals surface area contributed by atoms with Crippen LogP contribution in [-0.2, 0) is 0 Å². The van der Waals surface area contributed by atoms with Gasteiger partial charge in [-0.05, 0) is 95.2 Å². The Kier molecular flexibility index (Phi) is 5.53. The molecule has 2 atom stereocenters. The summed E-state index contributed by atoms with van der Waals surface area (Å²) < 4.78 is 20.5. The number of aryl methyl sites for hydroxylation is 1. The van der Waals surface area contributed by atoms with E-state index in [0.29, 0.717) is 15.3 Å². The number of anilines is 1. The lowest BCUT2D eigenvalue weighted by Crippen LogP contribution is -2.29. The maximum Gasteiger partial charge on any atom is 0.174 e. The molecule has 4 nitrogen and oxygen atoms in total. The quantitative estimate of drug-likeness (QED) is 0.310. The highest BCUT2D eigenvalue weighted by Gasteiger charge is 2.42. The van der Waals surface area contributed by atoms with Gasteiger partial charge >= 0.3 is 0 Å². The van der Waals surface area contributed by atoms with Crippen molar-refractivity contribution in [1.29, 1.82) is 0 Å². The summed E-state index contributed by atoms with van der Waals surface area (Å²) in [4.78, 5) is 6.64. The van der Waals surface area contributed by atoms with Gasteiger partial charge in [-0.15, -0.1) is 0 Å². The number of halogens is 2. The first kappa shape index (κ1) is 20.8. The zero-order chi connectivity index (χ0) is 22.2. The van der Waals surface area contributed by atoms with Crippen molar-refractivity contribution in [2.24, 2.45) is 0 Å². The first-order valence-corrected chi connectivity index (χ1v) is 11.3. The van der Waals surface area contributed by atoms with Gasteiger partial charge < -0.3 is 14.6 Å². The topological polar surface area (TPSA) is 41.3 Å². The number of aromatic nitrogens is 1. The van der Waals surface area contributed by atoms with Crippen molar-refractivity contribution >= 4 is 38.9 Å². The summed E-state index contributed by atoms with van der Waals surface area (Å²) in [6, 6.07) is 22.0. The van der Waals surface area contributed by atoms with Gasteiger partial charge in [-0.3, -0.25) is 4.98 Å². The van der Waals surface area contributed by atoms with Gasteiger partial charge in [-0.1, -0.05) is 18.2 Å². The summed E-state index contributed by atoms with van der Waals surface area (Å²) in [6.45, 7) is 2.05. The highest BCUT2D eigenvalue weighted by molar-refractivity contribution is 9.10. The van der Waals surface area contributed by atoms with Crippen LogP contribution >= 0.6 is 28.1 Å². The predicted octanol–water partition coefficient (Wildman–Crippen LogP) is 6.73. The van der Waals surface area contributed by atoms with Crippen LogP contribution < -0.4 is 10.2 Å². The van der Waals surface area contributed by atoms with Gasteiger partial charge in [0.2, 0.25) is 0 Å². The Balaban J connectivity index is 1.61. The Morgan fingerprint density at radius 3 is 2.69 bits per heavy atom. The number of hydrogen-bond acceptors (Lipinski definition) is 3. The number of pyridine rings is 1. The van der Waals surface area contributed by atoms with E-state index in [1.54, 1.807) is 12.3 Å². The molecule has 1 aliphatic rings. The summed E-state index contributed by atoms with van der Waals surface area (Å²) >= 11 is 9.19. The number of rotatable bonds is 4. The maximum absolute atomic E-state index is 13.6. The lowest BCUT2D eigenvalue weighted by Gasteiger charge is -2.26. The Bertz CT molecular complexity index is 1290. The lowest BCUT2D eigenvalue weighted by atomic mass is 10.0. The molecule has 0 bridgehead atoms. The lowest BCUT2D eigenvalue weighted by molar-refractivity contribution is 0.439. The van der Waals surface area contributed by atoms with Crippen molar-refractivity contribution in [3.63, 3.8) is 0 Å². The largest absolute Gasteiger partial charge is 0.459 e. The molecule has 32 heavy (non-hydrogen) atoms. The molecule has 1 saturated heterocycles. The molecule has 1 N–H and O–H groups in total. The van der Waals surface area contributed by atoms with E-state index < -0.39 is 0 Å². The molecule has 3 heterocycles. The Morgan fingerprint density at radius 1 is 1.06 bits per heavy atom. The van der Waals surface area contributed by atoms with E-state index in [1.807, 2.05) is 42.5 Å². The molecule has 1 fully saturated rings. The highest BCUT2D eigenvalue weighted by Crippen LogP contribution is 2.43. The highest BCUT2D eigenvalue weighted by atomic mass is 79.9. The minimum Gasteiger partial charge on any atom is -0.459 e. The third-order valence-corrected chi connectivity index (χ3v) is 6.46. The van der Waals surface area contributed by atoms with Crippen molar-refractivity contribution in [1.82, 2.24) is 10.3 Å². The van der Waals surface area contributed by atoms with Gasteiger partial charge in [0, 0.05) is 21.9 Å². The molecule has 0 unspecified atom stereocenters. The summed E-state index contributed by atoms with van der Waals surface area (Å²) in [5.74, 6) is 1.08. The van der Waals surface area contributed by atoms with Crippen molar-refractivity contribution in [3.8, 4) is 11.3 Å². The molecule has 0 aliphatic carbocycles. The second-order valence-electron chi connectivity index (χ2n) is 7.66. The van der Waals surface area contributed by atoms with Gasteiger partial charge in [-0.25, -0.2) is 4.39 Å². The van der Waals surface area contributed by atoms with E-state index in [2.05, 4.69) is 50.2 Å². The summed E-state index contributed by atoms with van der Waals surface area (Å²) in [5, 5.41) is 4.04. The smallest absolute Gasteiger partial charge is 0.174 e. The molecule has 0 radical (unpaired) electrons. The number of benzene rings is 2. The Morgan fingerprint density at radius 2 is 1.94 bits per heavy atom. The molecule has 0 amide bonds. The third kappa shape index (κ3) is 3.82. The average Bonchev–Trinajstić information content (AvgIpc) is 3.39. The molecule has 1 aliphatic heterocycles. The minimum atomic E-state index is -0.307. The fourth-order valence-corrected chi connectivity index (χ4v) is 4.94. The van der Waals surface area contributed by atoms with Crippen molar-refractivity contribution in [2.45, 2.75) is 19.0 Å². The summed E-state index contributed by atoms with van der Waals surface area (Å²) in [7, 11) is 0. The van der Waals surface area contributed by atoms with Crippen LogP contribution in [0.15, 0.2) is 87.9 Å². The zero-order valence-corrected chi connectivity index (χ0v) is 19.5. The Labute approximate surface area is 199 Å². The second kappa shape index (κ2) is 8.48. The zero-order valence-electron chi connectivity index (χ0n) is 17.1. The SMILES string of the molecule is Cc1cccc(N2C(=S)N[C@@H](c3ccccn3)[C@H]2c2ccc(-c3ccc(F)cc3Br)o2)c1. The molecule has 4 aromatic rings. The summed E-state index contributed by atoms with van der Waals surface area (Å²) in [5.41, 5.74) is 3.77. The van der Waals surface area contributed by atoms with E-state index in [-0.39, 0.29) is 17.9 Å². The molecule has 7 heteroatoms. The number of thiocarbonyl (C=S) groups is 1. The molecule has 0 saturated carbocycles. The standard InChI is InChI=1S/C25H19BrFN3OS/c1-15-5-4-6-17(13-15)30-24(23(29-25(30)32)20-7-2-3-12-28-20)22-11-10-21(31-22)18-9-8-16(27)14-19(18)26/h2-14,23-24H,1H3,(H,29,32)/t23-,24+/m0/s1. The van der Waals surface area contributed by atoms with Crippen molar-refractivity contribution < 1.29 is 8.81 Å². The van der Waals surface area contributed by atoms with Crippen molar-refractivity contribution in [2.75, 3.05) is 4.90 Å². The van der Waals surface area contributed by atoms with Gasteiger partial charge in [-0.2, -0.15) is 0 Å². The number of nitrogens with zero attached hydrogens (tertiary/aromatic N) is 2. The predicted molar refractivity (Wildman–Crippen MR) is 131 cm³/mol. The number of furan rings is 1. The molecular weight excluding hydrogens is 489 g/mol. The average molecular weight is 508 g/mol. The van der Waals surface area contributed by atoms with Crippen LogP contribution in [0.4, 0.5) is 10.1 Å². The normalized spacial score (nSPS) is 18.1.